The zero-order valence-electron chi connectivity index (χ0n) is 10.3. The Hall–Kier alpha value is -2.11. The van der Waals surface area contributed by atoms with E-state index in [0.29, 0.717) is 10.7 Å². The van der Waals surface area contributed by atoms with Crippen LogP contribution in [-0.2, 0) is 4.79 Å². The Morgan fingerprint density at radius 3 is 2.55 bits per heavy atom. The Bertz CT molecular complexity index is 621. The summed E-state index contributed by atoms with van der Waals surface area (Å²) in [4.78, 5) is 24.0. The molecule has 2 N–H and O–H groups in total. The number of carbonyl (C=O) groups is 2. The minimum absolute atomic E-state index is 0.482. The fourth-order valence-electron chi connectivity index (χ4n) is 1.39. The number of anilines is 1. The quantitative estimate of drug-likeness (QED) is 0.848. The number of halogens is 1. The van der Waals surface area contributed by atoms with Crippen LogP contribution in [0, 0.1) is 0 Å². The second-order valence-corrected chi connectivity index (χ2v) is 5.21. The van der Waals surface area contributed by atoms with Gasteiger partial charge in [-0.15, -0.1) is 11.3 Å². The number of nitrogens with one attached hydrogen (secondary N) is 2. The highest BCUT2D eigenvalue weighted by Crippen LogP contribution is 2.13. The van der Waals surface area contributed by atoms with Crippen molar-refractivity contribution in [1.29, 1.82) is 0 Å². The van der Waals surface area contributed by atoms with Gasteiger partial charge in [0, 0.05) is 21.7 Å². The lowest BCUT2D eigenvalue weighted by Crippen LogP contribution is -2.33. The average Bonchev–Trinajstić information content (AvgIpc) is 2.92. The molecule has 3 amide bonds. The van der Waals surface area contributed by atoms with Gasteiger partial charge in [-0.2, -0.15) is 0 Å². The molecule has 20 heavy (non-hydrogen) atoms. The molecule has 0 spiro atoms. The summed E-state index contributed by atoms with van der Waals surface area (Å²) in [5.41, 5.74) is 0.557. The smallest absolute Gasteiger partial charge is 0.308 e. The van der Waals surface area contributed by atoms with Crippen LogP contribution in [-0.4, -0.2) is 11.9 Å². The minimum Gasteiger partial charge on any atom is -0.308 e. The molecule has 2 rings (SSSR count). The lowest BCUT2D eigenvalue weighted by atomic mass is 10.3. The first-order valence-electron chi connectivity index (χ1n) is 5.72. The van der Waals surface area contributed by atoms with Gasteiger partial charge in [-0.05, 0) is 41.8 Å². The number of urea groups is 1. The monoisotopic (exact) mass is 306 g/mol. The Morgan fingerprint density at radius 2 is 1.90 bits per heavy atom. The first-order valence-corrected chi connectivity index (χ1v) is 6.98. The van der Waals surface area contributed by atoms with Gasteiger partial charge in [0.1, 0.15) is 0 Å². The topological polar surface area (TPSA) is 58.2 Å². The van der Waals surface area contributed by atoms with Crippen LogP contribution < -0.4 is 10.6 Å². The third-order valence-corrected chi connectivity index (χ3v) is 3.37. The van der Waals surface area contributed by atoms with E-state index in [1.54, 1.807) is 30.3 Å². The molecule has 1 aromatic heterocycles. The predicted molar refractivity (Wildman–Crippen MR) is 82.0 cm³/mol. The number of imide groups is 1. The summed E-state index contributed by atoms with van der Waals surface area (Å²) in [5.74, 6) is -0.482. The van der Waals surface area contributed by atoms with Crippen molar-refractivity contribution < 1.29 is 9.59 Å². The van der Waals surface area contributed by atoms with Crippen molar-refractivity contribution in [3.05, 3.63) is 57.8 Å². The van der Waals surface area contributed by atoms with Gasteiger partial charge in [0.2, 0.25) is 0 Å². The molecular formula is C14H11ClN2O2S. The fourth-order valence-corrected chi connectivity index (χ4v) is 2.14. The molecule has 0 aliphatic heterocycles. The maximum atomic E-state index is 11.6. The summed E-state index contributed by atoms with van der Waals surface area (Å²) in [6.07, 6.45) is 2.96. The number of hydrogen-bond acceptors (Lipinski definition) is 3. The molecule has 0 bridgehead atoms. The molecule has 1 heterocycles. The highest BCUT2D eigenvalue weighted by molar-refractivity contribution is 7.10. The largest absolute Gasteiger partial charge is 0.326 e. The van der Waals surface area contributed by atoms with Crippen LogP contribution in [0.5, 0.6) is 0 Å². The molecule has 0 aliphatic carbocycles. The van der Waals surface area contributed by atoms with Gasteiger partial charge in [0.25, 0.3) is 5.91 Å². The predicted octanol–water partition coefficient (Wildman–Crippen LogP) is 3.76. The van der Waals surface area contributed by atoms with E-state index in [2.05, 4.69) is 10.6 Å². The van der Waals surface area contributed by atoms with Crippen molar-refractivity contribution in [2.75, 3.05) is 5.32 Å². The van der Waals surface area contributed by atoms with Gasteiger partial charge in [0.05, 0.1) is 0 Å². The second-order valence-electron chi connectivity index (χ2n) is 3.80. The lowest BCUT2D eigenvalue weighted by molar-refractivity contribution is -0.115. The molecule has 0 fully saturated rings. The van der Waals surface area contributed by atoms with E-state index >= 15 is 0 Å². The van der Waals surface area contributed by atoms with Crippen LogP contribution in [0.4, 0.5) is 10.5 Å². The van der Waals surface area contributed by atoms with Crippen molar-refractivity contribution in [2.45, 2.75) is 0 Å². The molecule has 0 unspecified atom stereocenters. The standard InChI is InChI=1S/C14H11ClN2O2S/c15-10-3-5-11(6-4-10)16-14(19)17-13(18)8-7-12-2-1-9-20-12/h1-9H,(H2,16,17,18,19)/b8-7+. The number of benzene rings is 1. The van der Waals surface area contributed by atoms with Crippen molar-refractivity contribution in [3.8, 4) is 0 Å². The van der Waals surface area contributed by atoms with Crippen molar-refractivity contribution >= 4 is 46.6 Å². The summed E-state index contributed by atoms with van der Waals surface area (Å²) >= 11 is 7.24. The molecule has 4 nitrogen and oxygen atoms in total. The van der Waals surface area contributed by atoms with Crippen molar-refractivity contribution in [2.24, 2.45) is 0 Å². The van der Waals surface area contributed by atoms with E-state index in [1.807, 2.05) is 17.5 Å². The molecule has 2 aromatic rings. The van der Waals surface area contributed by atoms with Crippen molar-refractivity contribution in [3.63, 3.8) is 0 Å². The number of amides is 3. The highest BCUT2D eigenvalue weighted by Gasteiger charge is 2.04. The Labute approximate surface area is 125 Å². The molecule has 0 radical (unpaired) electrons. The van der Waals surface area contributed by atoms with E-state index in [0.717, 1.165) is 4.88 Å². The highest BCUT2D eigenvalue weighted by atomic mass is 35.5. The van der Waals surface area contributed by atoms with Gasteiger partial charge in [-0.3, -0.25) is 10.1 Å². The maximum Gasteiger partial charge on any atom is 0.326 e. The van der Waals surface area contributed by atoms with Crippen molar-refractivity contribution in [1.82, 2.24) is 5.32 Å². The van der Waals surface area contributed by atoms with Crippen LogP contribution >= 0.6 is 22.9 Å². The summed E-state index contributed by atoms with van der Waals surface area (Å²) in [7, 11) is 0. The Morgan fingerprint density at radius 1 is 1.15 bits per heavy atom. The Kier molecular flexibility index (Phi) is 4.92. The van der Waals surface area contributed by atoms with E-state index < -0.39 is 11.9 Å². The SMILES string of the molecule is O=C(/C=C/c1cccs1)NC(=O)Nc1ccc(Cl)cc1. The molecule has 1 aromatic carbocycles. The van der Waals surface area contributed by atoms with E-state index in [-0.39, 0.29) is 0 Å². The third-order valence-electron chi connectivity index (χ3n) is 2.28. The average molecular weight is 307 g/mol. The van der Waals surface area contributed by atoms with Crippen LogP contribution in [0.2, 0.25) is 5.02 Å². The normalized spacial score (nSPS) is 10.4. The Balaban J connectivity index is 1.85. The molecule has 6 heteroatoms. The molecule has 0 atom stereocenters. The third kappa shape index (κ3) is 4.53. The summed E-state index contributed by atoms with van der Waals surface area (Å²) in [6.45, 7) is 0. The zero-order chi connectivity index (χ0) is 14.4. The van der Waals surface area contributed by atoms with Crippen LogP contribution in [0.15, 0.2) is 47.9 Å². The molecule has 0 saturated carbocycles. The van der Waals surface area contributed by atoms with Crippen LogP contribution in [0.3, 0.4) is 0 Å². The number of rotatable bonds is 3. The summed E-state index contributed by atoms with van der Waals surface area (Å²) < 4.78 is 0. The molecule has 0 saturated heterocycles. The van der Waals surface area contributed by atoms with E-state index in [9.17, 15) is 9.59 Å². The van der Waals surface area contributed by atoms with Gasteiger partial charge in [-0.1, -0.05) is 17.7 Å². The second kappa shape index (κ2) is 6.88. The maximum absolute atomic E-state index is 11.6. The first kappa shape index (κ1) is 14.3. The van der Waals surface area contributed by atoms with Gasteiger partial charge >= 0.3 is 6.03 Å². The van der Waals surface area contributed by atoms with Crippen LogP contribution in [0.25, 0.3) is 6.08 Å². The zero-order valence-corrected chi connectivity index (χ0v) is 11.9. The lowest BCUT2D eigenvalue weighted by Gasteiger charge is -2.04. The number of thiophene rings is 1. The molecule has 102 valence electrons. The van der Waals surface area contributed by atoms with Crippen LogP contribution in [0.1, 0.15) is 4.88 Å². The first-order chi connectivity index (χ1) is 9.63. The van der Waals surface area contributed by atoms with Gasteiger partial charge < -0.3 is 5.32 Å². The number of hydrogen-bond donors (Lipinski definition) is 2. The fraction of sp³-hybridized carbons (Fsp3) is 0. The van der Waals surface area contributed by atoms with E-state index in [4.69, 9.17) is 11.6 Å². The molecular weight excluding hydrogens is 296 g/mol. The molecule has 0 aliphatic rings. The van der Waals surface area contributed by atoms with Gasteiger partial charge in [0.15, 0.2) is 0 Å². The minimum atomic E-state index is -0.590. The summed E-state index contributed by atoms with van der Waals surface area (Å²) in [5, 5.41) is 7.22. The van der Waals surface area contributed by atoms with Gasteiger partial charge in [-0.25, -0.2) is 4.79 Å². The van der Waals surface area contributed by atoms with E-state index in [1.165, 1.54) is 17.4 Å². The summed E-state index contributed by atoms with van der Waals surface area (Å²) in [6, 6.07) is 9.76. The number of carbonyl (C=O) groups excluding carboxylic acids is 2.